The molecule has 1 aromatic carbocycles. The van der Waals surface area contributed by atoms with E-state index in [0.29, 0.717) is 17.9 Å². The van der Waals surface area contributed by atoms with Crippen LogP contribution in [0.25, 0.3) is 0 Å². The number of para-hydroxylation sites is 1. The number of hydrogen-bond donors (Lipinski definition) is 1. The van der Waals surface area contributed by atoms with Crippen LogP contribution in [-0.4, -0.2) is 15.5 Å². The minimum absolute atomic E-state index is 0.489. The third kappa shape index (κ3) is 4.55. The van der Waals surface area contributed by atoms with Crippen LogP contribution < -0.4 is 4.74 Å². The molecule has 1 atom stereocenters. The fourth-order valence-corrected chi connectivity index (χ4v) is 1.69. The predicted octanol–water partition coefficient (Wildman–Crippen LogP) is 4.27. The highest BCUT2D eigenvalue weighted by molar-refractivity contribution is 6.68. The van der Waals surface area contributed by atoms with Crippen molar-refractivity contribution in [1.82, 2.24) is 0 Å². The Labute approximate surface area is 116 Å². The molecule has 0 spiro atoms. The Kier molecular flexibility index (Phi) is 5.87. The van der Waals surface area contributed by atoms with Gasteiger partial charge in [-0.1, -0.05) is 66.3 Å². The van der Waals surface area contributed by atoms with E-state index in [2.05, 4.69) is 6.92 Å². The van der Waals surface area contributed by atoms with E-state index >= 15 is 0 Å². The average molecular weight is 298 g/mol. The molecule has 1 rings (SSSR count). The molecule has 0 aliphatic rings. The molecule has 0 amide bonds. The molecular formula is C12H15Cl3O2. The smallest absolute Gasteiger partial charge is 0.220 e. The van der Waals surface area contributed by atoms with Gasteiger partial charge in [-0.05, 0) is 12.5 Å². The van der Waals surface area contributed by atoms with Gasteiger partial charge < -0.3 is 9.84 Å². The van der Waals surface area contributed by atoms with Gasteiger partial charge in [-0.3, -0.25) is 0 Å². The van der Waals surface area contributed by atoms with Gasteiger partial charge in [0.25, 0.3) is 0 Å². The molecule has 96 valence electrons. The zero-order chi connectivity index (χ0) is 12.9. The Morgan fingerprint density at radius 3 is 2.53 bits per heavy atom. The molecule has 0 heterocycles. The molecule has 0 radical (unpaired) electrons. The van der Waals surface area contributed by atoms with Gasteiger partial charge in [0.2, 0.25) is 3.79 Å². The van der Waals surface area contributed by atoms with Gasteiger partial charge in [-0.15, -0.1) is 0 Å². The molecule has 17 heavy (non-hydrogen) atoms. The Morgan fingerprint density at radius 2 is 1.94 bits per heavy atom. The van der Waals surface area contributed by atoms with Crippen molar-refractivity contribution in [1.29, 1.82) is 0 Å². The summed E-state index contributed by atoms with van der Waals surface area (Å²) in [4.78, 5) is 0. The fraction of sp³-hybridized carbons (Fsp3) is 0.500. The first-order valence-electron chi connectivity index (χ1n) is 5.43. The quantitative estimate of drug-likeness (QED) is 0.649. The van der Waals surface area contributed by atoms with Crippen molar-refractivity contribution in [3.63, 3.8) is 0 Å². The zero-order valence-electron chi connectivity index (χ0n) is 9.50. The van der Waals surface area contributed by atoms with Crippen molar-refractivity contribution in [3.05, 3.63) is 29.8 Å². The van der Waals surface area contributed by atoms with E-state index in [1.54, 1.807) is 18.2 Å². The predicted molar refractivity (Wildman–Crippen MR) is 72.1 cm³/mol. The van der Waals surface area contributed by atoms with Crippen LogP contribution in [0.5, 0.6) is 5.75 Å². The highest BCUT2D eigenvalue weighted by atomic mass is 35.6. The lowest BCUT2D eigenvalue weighted by Crippen LogP contribution is -2.17. The van der Waals surface area contributed by atoms with E-state index in [-0.39, 0.29) is 0 Å². The first-order chi connectivity index (χ1) is 7.96. The van der Waals surface area contributed by atoms with E-state index < -0.39 is 9.90 Å². The monoisotopic (exact) mass is 296 g/mol. The minimum atomic E-state index is -1.76. The van der Waals surface area contributed by atoms with Crippen LogP contribution in [0.4, 0.5) is 0 Å². The molecule has 5 heteroatoms. The van der Waals surface area contributed by atoms with E-state index in [1.807, 2.05) is 6.07 Å². The van der Waals surface area contributed by atoms with Gasteiger partial charge in [0.05, 0.1) is 6.61 Å². The molecule has 0 bridgehead atoms. The van der Waals surface area contributed by atoms with Crippen molar-refractivity contribution in [2.45, 2.75) is 29.7 Å². The fourth-order valence-electron chi connectivity index (χ4n) is 1.34. The molecule has 0 aromatic heterocycles. The third-order valence-electron chi connectivity index (χ3n) is 2.28. The van der Waals surface area contributed by atoms with Gasteiger partial charge in [0, 0.05) is 5.56 Å². The second-order valence-corrected chi connectivity index (χ2v) is 6.05. The summed E-state index contributed by atoms with van der Waals surface area (Å²) in [5.41, 5.74) is 0.489. The van der Waals surface area contributed by atoms with Gasteiger partial charge >= 0.3 is 0 Å². The number of hydrogen-bond acceptors (Lipinski definition) is 2. The SMILES string of the molecule is CCCCOc1ccccc1C(O)C(Cl)(Cl)Cl. The maximum Gasteiger partial charge on any atom is 0.220 e. The van der Waals surface area contributed by atoms with Crippen molar-refractivity contribution in [2.24, 2.45) is 0 Å². The Morgan fingerprint density at radius 1 is 1.29 bits per heavy atom. The summed E-state index contributed by atoms with van der Waals surface area (Å²) < 4.78 is 3.80. The standard InChI is InChI=1S/C12H15Cl3O2/c1-2-3-8-17-10-7-5-4-6-9(10)11(16)12(13,14)15/h4-7,11,16H,2-3,8H2,1H3. The molecule has 2 nitrogen and oxygen atoms in total. The van der Waals surface area contributed by atoms with E-state index in [4.69, 9.17) is 39.5 Å². The summed E-state index contributed by atoms with van der Waals surface area (Å²) in [6.45, 7) is 2.66. The highest BCUT2D eigenvalue weighted by Crippen LogP contribution is 2.42. The lowest BCUT2D eigenvalue weighted by atomic mass is 10.1. The second kappa shape index (κ2) is 6.69. The number of ether oxygens (including phenoxy) is 1. The first-order valence-corrected chi connectivity index (χ1v) is 6.56. The Balaban J connectivity index is 2.84. The van der Waals surface area contributed by atoms with Crippen molar-refractivity contribution in [3.8, 4) is 5.75 Å². The lowest BCUT2D eigenvalue weighted by molar-refractivity contribution is 0.175. The van der Waals surface area contributed by atoms with Gasteiger partial charge in [0.15, 0.2) is 0 Å². The largest absolute Gasteiger partial charge is 0.493 e. The van der Waals surface area contributed by atoms with Gasteiger partial charge in [-0.25, -0.2) is 0 Å². The van der Waals surface area contributed by atoms with Crippen LogP contribution >= 0.6 is 34.8 Å². The average Bonchev–Trinajstić information content (AvgIpc) is 2.28. The number of aliphatic hydroxyl groups excluding tert-OH is 1. The van der Waals surface area contributed by atoms with Crippen LogP contribution in [0.15, 0.2) is 24.3 Å². The molecule has 0 aliphatic carbocycles. The third-order valence-corrected chi connectivity index (χ3v) is 2.90. The number of benzene rings is 1. The molecule has 1 aromatic rings. The second-order valence-electron chi connectivity index (χ2n) is 3.68. The Bertz CT molecular complexity index is 350. The van der Waals surface area contributed by atoms with Gasteiger partial charge in [0.1, 0.15) is 11.9 Å². The number of aliphatic hydroxyl groups is 1. The lowest BCUT2D eigenvalue weighted by Gasteiger charge is -2.21. The molecule has 0 saturated heterocycles. The van der Waals surface area contributed by atoms with Crippen LogP contribution in [-0.2, 0) is 0 Å². The summed E-state index contributed by atoms with van der Waals surface area (Å²) in [6, 6.07) is 7.02. The van der Waals surface area contributed by atoms with Crippen LogP contribution in [0.3, 0.4) is 0 Å². The van der Waals surface area contributed by atoms with Crippen molar-refractivity contribution in [2.75, 3.05) is 6.61 Å². The number of unbranched alkanes of at least 4 members (excludes halogenated alkanes) is 1. The zero-order valence-corrected chi connectivity index (χ0v) is 11.8. The summed E-state index contributed by atoms with van der Waals surface area (Å²) in [6.07, 6.45) is 0.776. The normalized spacial score (nSPS) is 13.5. The van der Waals surface area contributed by atoms with E-state index in [9.17, 15) is 5.11 Å². The number of rotatable bonds is 5. The van der Waals surface area contributed by atoms with Gasteiger partial charge in [-0.2, -0.15) is 0 Å². The summed E-state index contributed by atoms with van der Waals surface area (Å²) >= 11 is 17.0. The van der Waals surface area contributed by atoms with Crippen LogP contribution in [0.2, 0.25) is 0 Å². The molecular weight excluding hydrogens is 282 g/mol. The maximum absolute atomic E-state index is 9.92. The Hall–Kier alpha value is -0.150. The summed E-state index contributed by atoms with van der Waals surface area (Å²) in [7, 11) is 0. The van der Waals surface area contributed by atoms with Crippen LogP contribution in [0, 0.1) is 0 Å². The molecule has 1 unspecified atom stereocenters. The first kappa shape index (κ1) is 14.9. The van der Waals surface area contributed by atoms with E-state index in [0.717, 1.165) is 12.8 Å². The summed E-state index contributed by atoms with van der Waals surface area (Å²) in [5, 5.41) is 9.92. The number of halogens is 3. The minimum Gasteiger partial charge on any atom is -0.493 e. The molecule has 1 N–H and O–H groups in total. The molecule has 0 aliphatic heterocycles. The molecule has 0 fully saturated rings. The van der Waals surface area contributed by atoms with Crippen molar-refractivity contribution >= 4 is 34.8 Å². The topological polar surface area (TPSA) is 29.5 Å². The van der Waals surface area contributed by atoms with Crippen molar-refractivity contribution < 1.29 is 9.84 Å². The number of alkyl halides is 3. The highest BCUT2D eigenvalue weighted by Gasteiger charge is 2.33. The van der Waals surface area contributed by atoms with Crippen LogP contribution in [0.1, 0.15) is 31.4 Å². The molecule has 0 saturated carbocycles. The maximum atomic E-state index is 9.92. The van der Waals surface area contributed by atoms with E-state index in [1.165, 1.54) is 0 Å². The summed E-state index contributed by atoms with van der Waals surface area (Å²) in [5.74, 6) is 0.555.